The summed E-state index contributed by atoms with van der Waals surface area (Å²) in [7, 11) is 0. The first-order chi connectivity index (χ1) is 8.70. The third kappa shape index (κ3) is 1.64. The maximum Gasteiger partial charge on any atom is 0.152 e. The van der Waals surface area contributed by atoms with E-state index in [0.29, 0.717) is 5.39 Å². The first kappa shape index (κ1) is 11.4. The van der Waals surface area contributed by atoms with Crippen molar-refractivity contribution in [2.45, 2.75) is 26.2 Å². The highest BCUT2D eigenvalue weighted by atomic mass is 19.1. The van der Waals surface area contributed by atoms with Crippen molar-refractivity contribution < 1.29 is 8.78 Å². The standard InChI is InChI=1S/C14H14F2N2/c1-2-17-13-9-4-3-5-12(9)18-14-10(13)6-8(15)7-11(14)16/h6-7H,2-5H2,1H3,(H,17,18). The van der Waals surface area contributed by atoms with Crippen LogP contribution in [0.15, 0.2) is 12.1 Å². The van der Waals surface area contributed by atoms with Gasteiger partial charge in [-0.25, -0.2) is 13.8 Å². The van der Waals surface area contributed by atoms with E-state index in [9.17, 15) is 8.78 Å². The van der Waals surface area contributed by atoms with Gasteiger partial charge in [0, 0.05) is 29.4 Å². The number of hydrogen-bond acceptors (Lipinski definition) is 2. The second-order valence-electron chi connectivity index (χ2n) is 4.58. The highest BCUT2D eigenvalue weighted by Gasteiger charge is 2.21. The number of benzene rings is 1. The van der Waals surface area contributed by atoms with Crippen LogP contribution in [0, 0.1) is 11.6 Å². The van der Waals surface area contributed by atoms with Gasteiger partial charge in [0.1, 0.15) is 11.3 Å². The van der Waals surface area contributed by atoms with Gasteiger partial charge in [0.05, 0.1) is 0 Å². The van der Waals surface area contributed by atoms with E-state index < -0.39 is 11.6 Å². The Kier molecular flexibility index (Phi) is 2.65. The fourth-order valence-electron chi connectivity index (χ4n) is 2.67. The van der Waals surface area contributed by atoms with Crippen molar-refractivity contribution in [3.63, 3.8) is 0 Å². The summed E-state index contributed by atoms with van der Waals surface area (Å²) in [6.07, 6.45) is 2.83. The molecule has 0 saturated carbocycles. The quantitative estimate of drug-likeness (QED) is 0.880. The SMILES string of the molecule is CCNc1c2c(nc3c(F)cc(F)cc13)CCC2. The number of nitrogens with zero attached hydrogens (tertiary/aromatic N) is 1. The van der Waals surface area contributed by atoms with Gasteiger partial charge in [-0.1, -0.05) is 0 Å². The summed E-state index contributed by atoms with van der Waals surface area (Å²) < 4.78 is 27.2. The predicted octanol–water partition coefficient (Wildman–Crippen LogP) is 3.43. The van der Waals surface area contributed by atoms with Crippen LogP contribution in [0.4, 0.5) is 14.5 Å². The summed E-state index contributed by atoms with van der Waals surface area (Å²) in [5.41, 5.74) is 3.19. The van der Waals surface area contributed by atoms with E-state index in [-0.39, 0.29) is 5.52 Å². The molecule has 1 aliphatic carbocycles. The van der Waals surface area contributed by atoms with Crippen molar-refractivity contribution in [1.29, 1.82) is 0 Å². The Balaban J connectivity index is 2.38. The molecule has 2 aromatic rings. The number of rotatable bonds is 2. The smallest absolute Gasteiger partial charge is 0.152 e. The number of halogens is 2. The molecule has 94 valence electrons. The molecule has 1 aliphatic rings. The summed E-state index contributed by atoms with van der Waals surface area (Å²) in [6, 6.07) is 2.26. The summed E-state index contributed by atoms with van der Waals surface area (Å²) >= 11 is 0. The number of anilines is 1. The Labute approximate surface area is 104 Å². The molecule has 0 saturated heterocycles. The molecule has 0 bridgehead atoms. The number of nitrogens with one attached hydrogen (secondary N) is 1. The number of pyridine rings is 1. The van der Waals surface area contributed by atoms with Gasteiger partial charge in [0.25, 0.3) is 0 Å². The minimum atomic E-state index is -0.584. The second-order valence-corrected chi connectivity index (χ2v) is 4.58. The highest BCUT2D eigenvalue weighted by molar-refractivity contribution is 5.94. The zero-order valence-corrected chi connectivity index (χ0v) is 10.2. The van der Waals surface area contributed by atoms with Crippen LogP contribution in [0.1, 0.15) is 24.6 Å². The molecule has 18 heavy (non-hydrogen) atoms. The zero-order valence-electron chi connectivity index (χ0n) is 10.2. The van der Waals surface area contributed by atoms with Crippen molar-refractivity contribution in [3.05, 3.63) is 35.0 Å². The van der Waals surface area contributed by atoms with E-state index in [1.165, 1.54) is 6.07 Å². The van der Waals surface area contributed by atoms with Gasteiger partial charge in [-0.15, -0.1) is 0 Å². The molecule has 0 fully saturated rings. The lowest BCUT2D eigenvalue weighted by Gasteiger charge is -2.13. The summed E-state index contributed by atoms with van der Waals surface area (Å²) in [5, 5.41) is 3.78. The second kappa shape index (κ2) is 4.19. The zero-order chi connectivity index (χ0) is 12.7. The third-order valence-corrected chi connectivity index (χ3v) is 3.39. The van der Waals surface area contributed by atoms with Gasteiger partial charge < -0.3 is 5.32 Å². The van der Waals surface area contributed by atoms with E-state index >= 15 is 0 Å². The first-order valence-corrected chi connectivity index (χ1v) is 6.25. The van der Waals surface area contributed by atoms with E-state index in [1.807, 2.05) is 6.92 Å². The van der Waals surface area contributed by atoms with E-state index in [2.05, 4.69) is 10.3 Å². The maximum atomic E-state index is 13.8. The van der Waals surface area contributed by atoms with Crippen LogP contribution in [0.25, 0.3) is 10.9 Å². The van der Waals surface area contributed by atoms with Crippen molar-refractivity contribution in [2.75, 3.05) is 11.9 Å². The minimum absolute atomic E-state index is 0.271. The van der Waals surface area contributed by atoms with Crippen LogP contribution in [-0.2, 0) is 12.8 Å². The Bertz CT molecular complexity index is 623. The van der Waals surface area contributed by atoms with E-state index in [4.69, 9.17) is 0 Å². The molecule has 3 rings (SSSR count). The maximum absolute atomic E-state index is 13.8. The monoisotopic (exact) mass is 248 g/mol. The average Bonchev–Trinajstić information content (AvgIpc) is 2.78. The Morgan fingerprint density at radius 2 is 2.11 bits per heavy atom. The average molecular weight is 248 g/mol. The molecule has 0 spiro atoms. The van der Waals surface area contributed by atoms with Gasteiger partial charge in [0.2, 0.25) is 0 Å². The molecule has 0 radical (unpaired) electrons. The predicted molar refractivity (Wildman–Crippen MR) is 67.8 cm³/mol. The number of fused-ring (bicyclic) bond motifs is 2. The Hall–Kier alpha value is -1.71. The number of aryl methyl sites for hydroxylation is 1. The molecule has 1 aromatic heterocycles. The van der Waals surface area contributed by atoms with Gasteiger partial charge in [-0.3, -0.25) is 0 Å². The molecule has 0 aliphatic heterocycles. The van der Waals surface area contributed by atoms with Gasteiger partial charge in [-0.05, 0) is 37.8 Å². The van der Waals surface area contributed by atoms with Crippen LogP contribution in [0.5, 0.6) is 0 Å². The van der Waals surface area contributed by atoms with Crippen molar-refractivity contribution >= 4 is 16.6 Å². The largest absolute Gasteiger partial charge is 0.384 e. The summed E-state index contributed by atoms with van der Waals surface area (Å²) in [6.45, 7) is 2.70. The molecule has 1 aromatic carbocycles. The first-order valence-electron chi connectivity index (χ1n) is 6.25. The molecule has 1 heterocycles. The van der Waals surface area contributed by atoms with Crippen molar-refractivity contribution in [3.8, 4) is 0 Å². The van der Waals surface area contributed by atoms with Crippen LogP contribution in [0.3, 0.4) is 0 Å². The van der Waals surface area contributed by atoms with Gasteiger partial charge in [0.15, 0.2) is 5.82 Å². The van der Waals surface area contributed by atoms with E-state index in [1.54, 1.807) is 0 Å². The van der Waals surface area contributed by atoms with E-state index in [0.717, 1.165) is 48.8 Å². The molecule has 1 N–H and O–H groups in total. The van der Waals surface area contributed by atoms with Crippen molar-refractivity contribution in [2.24, 2.45) is 0 Å². The molecular weight excluding hydrogens is 234 g/mol. The lowest BCUT2D eigenvalue weighted by atomic mass is 10.1. The molecule has 0 atom stereocenters. The summed E-state index contributed by atoms with van der Waals surface area (Å²) in [5.74, 6) is -1.14. The normalized spacial score (nSPS) is 13.9. The lowest BCUT2D eigenvalue weighted by Crippen LogP contribution is -2.04. The van der Waals surface area contributed by atoms with Crippen LogP contribution >= 0.6 is 0 Å². The topological polar surface area (TPSA) is 24.9 Å². The fourth-order valence-corrected chi connectivity index (χ4v) is 2.67. The molecule has 4 heteroatoms. The van der Waals surface area contributed by atoms with Crippen LogP contribution < -0.4 is 5.32 Å². The highest BCUT2D eigenvalue weighted by Crippen LogP contribution is 2.35. The Morgan fingerprint density at radius 1 is 1.28 bits per heavy atom. The van der Waals surface area contributed by atoms with Gasteiger partial charge >= 0.3 is 0 Å². The van der Waals surface area contributed by atoms with Crippen LogP contribution in [0.2, 0.25) is 0 Å². The molecule has 0 unspecified atom stereocenters. The van der Waals surface area contributed by atoms with Gasteiger partial charge in [-0.2, -0.15) is 0 Å². The Morgan fingerprint density at radius 3 is 2.89 bits per heavy atom. The van der Waals surface area contributed by atoms with Crippen molar-refractivity contribution in [1.82, 2.24) is 4.98 Å². The number of aromatic nitrogens is 1. The minimum Gasteiger partial charge on any atom is -0.384 e. The number of hydrogen-bond donors (Lipinski definition) is 1. The third-order valence-electron chi connectivity index (χ3n) is 3.39. The van der Waals surface area contributed by atoms with Crippen LogP contribution in [-0.4, -0.2) is 11.5 Å². The summed E-state index contributed by atoms with van der Waals surface area (Å²) in [4.78, 5) is 4.36. The molecule has 0 amide bonds. The molecular formula is C14H14F2N2. The lowest BCUT2D eigenvalue weighted by molar-refractivity contribution is 0.590. The molecule has 2 nitrogen and oxygen atoms in total. The fraction of sp³-hybridized carbons (Fsp3) is 0.357.